The third-order valence-electron chi connectivity index (χ3n) is 5.93. The zero-order valence-corrected chi connectivity index (χ0v) is 19.2. The summed E-state index contributed by atoms with van der Waals surface area (Å²) in [6.07, 6.45) is 7.22. The Balaban J connectivity index is 1.46. The van der Waals surface area contributed by atoms with E-state index in [1.54, 1.807) is 4.90 Å². The standard InChI is InChI=1S/C25H23N3O2S2/c29-23(26-13-7-2-8-14-26)17-27-16-18(20-11-5-6-12-21(20)27)15-22-24(30)28(25(31)32-22)19-9-3-1-4-10-19/h1,3-6,9-12,15-16H,2,7-8,13-14,17H2. The Morgan fingerprint density at radius 3 is 2.50 bits per heavy atom. The largest absolute Gasteiger partial charge is 0.341 e. The van der Waals surface area contributed by atoms with Gasteiger partial charge in [0.25, 0.3) is 5.91 Å². The summed E-state index contributed by atoms with van der Waals surface area (Å²) in [5.41, 5.74) is 2.68. The number of benzene rings is 2. The number of aromatic nitrogens is 1. The zero-order chi connectivity index (χ0) is 22.1. The summed E-state index contributed by atoms with van der Waals surface area (Å²) >= 11 is 6.81. The van der Waals surface area contributed by atoms with Crippen LogP contribution in [0.5, 0.6) is 0 Å². The lowest BCUT2D eigenvalue weighted by Gasteiger charge is -2.27. The maximum absolute atomic E-state index is 13.1. The second-order valence-electron chi connectivity index (χ2n) is 8.02. The number of thioether (sulfide) groups is 1. The van der Waals surface area contributed by atoms with Gasteiger partial charge in [-0.2, -0.15) is 0 Å². The van der Waals surface area contributed by atoms with E-state index >= 15 is 0 Å². The highest BCUT2D eigenvalue weighted by atomic mass is 32.2. The third kappa shape index (κ3) is 3.98. The fourth-order valence-electron chi connectivity index (χ4n) is 4.32. The number of thiocarbonyl (C=S) groups is 1. The van der Waals surface area contributed by atoms with Gasteiger partial charge in [0.05, 0.1) is 10.6 Å². The lowest BCUT2D eigenvalue weighted by atomic mass is 10.1. The first-order valence-electron chi connectivity index (χ1n) is 10.8. The van der Waals surface area contributed by atoms with Crippen LogP contribution in [0.4, 0.5) is 5.69 Å². The fourth-order valence-corrected chi connectivity index (χ4v) is 5.61. The number of piperidine rings is 1. The number of nitrogens with zero attached hydrogens (tertiary/aromatic N) is 3. The molecule has 5 rings (SSSR count). The normalized spacial score (nSPS) is 18.2. The van der Waals surface area contributed by atoms with Crippen LogP contribution < -0.4 is 4.90 Å². The van der Waals surface area contributed by atoms with Gasteiger partial charge < -0.3 is 9.47 Å². The van der Waals surface area contributed by atoms with Crippen molar-refractivity contribution in [2.24, 2.45) is 0 Å². The SMILES string of the molecule is O=C(Cn1cc(C=C2SC(=S)N(c3ccccc3)C2=O)c2ccccc21)N1CCCCC1. The van der Waals surface area contributed by atoms with Gasteiger partial charge in [0.2, 0.25) is 5.91 Å². The number of fused-ring (bicyclic) bond motifs is 1. The number of hydrogen-bond donors (Lipinski definition) is 0. The van der Waals surface area contributed by atoms with Crippen molar-refractivity contribution < 1.29 is 9.59 Å². The Morgan fingerprint density at radius 2 is 1.72 bits per heavy atom. The molecular weight excluding hydrogens is 438 g/mol. The Bertz CT molecular complexity index is 1230. The molecule has 3 heterocycles. The number of anilines is 1. The Labute approximate surface area is 196 Å². The highest BCUT2D eigenvalue weighted by molar-refractivity contribution is 8.27. The first-order valence-corrected chi connectivity index (χ1v) is 12.0. The molecule has 2 fully saturated rings. The maximum Gasteiger partial charge on any atom is 0.270 e. The first-order chi connectivity index (χ1) is 15.6. The highest BCUT2D eigenvalue weighted by Crippen LogP contribution is 2.37. The van der Waals surface area contributed by atoms with Gasteiger partial charge in [-0.1, -0.05) is 60.4 Å². The van der Waals surface area contributed by atoms with Crippen LogP contribution in [0.3, 0.4) is 0 Å². The molecule has 0 N–H and O–H groups in total. The molecule has 2 aliphatic heterocycles. The van der Waals surface area contributed by atoms with E-state index in [0.29, 0.717) is 15.8 Å². The topological polar surface area (TPSA) is 45.6 Å². The Morgan fingerprint density at radius 1 is 1.00 bits per heavy atom. The lowest BCUT2D eigenvalue weighted by molar-refractivity contribution is -0.132. The van der Waals surface area contributed by atoms with E-state index in [1.807, 2.05) is 76.3 Å². The van der Waals surface area contributed by atoms with Crippen molar-refractivity contribution in [3.8, 4) is 0 Å². The second kappa shape index (κ2) is 8.92. The van der Waals surface area contributed by atoms with Crippen LogP contribution in [-0.2, 0) is 16.1 Å². The number of carbonyl (C=O) groups excluding carboxylic acids is 2. The van der Waals surface area contributed by atoms with Crippen LogP contribution in [0, 0.1) is 0 Å². The number of para-hydroxylation sites is 2. The molecule has 3 aromatic rings. The smallest absolute Gasteiger partial charge is 0.270 e. The third-order valence-corrected chi connectivity index (χ3v) is 7.23. The number of amides is 2. The highest BCUT2D eigenvalue weighted by Gasteiger charge is 2.33. The zero-order valence-electron chi connectivity index (χ0n) is 17.6. The quantitative estimate of drug-likeness (QED) is 0.402. The van der Waals surface area contributed by atoms with Crippen LogP contribution in [0.1, 0.15) is 24.8 Å². The van der Waals surface area contributed by atoms with E-state index in [-0.39, 0.29) is 11.8 Å². The molecule has 0 spiro atoms. The van der Waals surface area contributed by atoms with E-state index in [0.717, 1.165) is 48.1 Å². The average Bonchev–Trinajstić information content (AvgIpc) is 3.31. The molecule has 2 aromatic carbocycles. The van der Waals surface area contributed by atoms with Crippen LogP contribution >= 0.6 is 24.0 Å². The molecule has 0 unspecified atom stereocenters. The van der Waals surface area contributed by atoms with E-state index < -0.39 is 0 Å². The molecule has 0 radical (unpaired) electrons. The first kappa shape index (κ1) is 21.0. The Hall–Kier alpha value is -2.90. The van der Waals surface area contributed by atoms with Crippen molar-refractivity contribution in [1.82, 2.24) is 9.47 Å². The van der Waals surface area contributed by atoms with E-state index in [1.165, 1.54) is 18.2 Å². The fraction of sp³-hybridized carbons (Fsp3) is 0.240. The maximum atomic E-state index is 13.1. The van der Waals surface area contributed by atoms with Gasteiger partial charge in [0, 0.05) is 35.8 Å². The molecule has 2 amide bonds. The van der Waals surface area contributed by atoms with Gasteiger partial charge in [-0.15, -0.1) is 0 Å². The number of carbonyl (C=O) groups is 2. The molecule has 2 aliphatic rings. The monoisotopic (exact) mass is 461 g/mol. The molecule has 0 aliphatic carbocycles. The average molecular weight is 462 g/mol. The summed E-state index contributed by atoms with van der Waals surface area (Å²) in [6, 6.07) is 17.5. The summed E-state index contributed by atoms with van der Waals surface area (Å²) in [7, 11) is 0. The van der Waals surface area contributed by atoms with Crippen molar-refractivity contribution >= 4 is 62.8 Å². The molecule has 162 valence electrons. The van der Waals surface area contributed by atoms with Crippen LogP contribution in [0.15, 0.2) is 65.7 Å². The minimum absolute atomic E-state index is 0.118. The van der Waals surface area contributed by atoms with E-state index in [9.17, 15) is 9.59 Å². The molecule has 0 bridgehead atoms. The van der Waals surface area contributed by atoms with Gasteiger partial charge in [-0.25, -0.2) is 0 Å². The number of hydrogen-bond acceptors (Lipinski definition) is 4. The van der Waals surface area contributed by atoms with Crippen molar-refractivity contribution in [3.63, 3.8) is 0 Å². The number of likely N-dealkylation sites (tertiary alicyclic amines) is 1. The molecule has 7 heteroatoms. The number of rotatable bonds is 4. The summed E-state index contributed by atoms with van der Waals surface area (Å²) in [6.45, 7) is 1.99. The molecular formula is C25H23N3O2S2. The van der Waals surface area contributed by atoms with Crippen molar-refractivity contribution in [2.75, 3.05) is 18.0 Å². The second-order valence-corrected chi connectivity index (χ2v) is 9.70. The van der Waals surface area contributed by atoms with Crippen LogP contribution in [-0.4, -0.2) is 38.7 Å². The molecule has 1 aromatic heterocycles. The predicted molar refractivity (Wildman–Crippen MR) is 134 cm³/mol. The van der Waals surface area contributed by atoms with Gasteiger partial charge in [0.1, 0.15) is 6.54 Å². The summed E-state index contributed by atoms with van der Waals surface area (Å²) in [5.74, 6) is 0.0276. The van der Waals surface area contributed by atoms with Gasteiger partial charge in [-0.3, -0.25) is 14.5 Å². The van der Waals surface area contributed by atoms with E-state index in [2.05, 4.69) is 0 Å². The van der Waals surface area contributed by atoms with Crippen LogP contribution in [0.2, 0.25) is 0 Å². The molecule has 0 saturated carbocycles. The van der Waals surface area contributed by atoms with Crippen molar-refractivity contribution in [3.05, 3.63) is 71.3 Å². The predicted octanol–water partition coefficient (Wildman–Crippen LogP) is 5.06. The van der Waals surface area contributed by atoms with Gasteiger partial charge in [0.15, 0.2) is 4.32 Å². The molecule has 2 saturated heterocycles. The minimum atomic E-state index is -0.118. The lowest BCUT2D eigenvalue weighted by Crippen LogP contribution is -2.37. The molecule has 5 nitrogen and oxygen atoms in total. The van der Waals surface area contributed by atoms with Crippen molar-refractivity contribution in [1.29, 1.82) is 0 Å². The molecule has 32 heavy (non-hydrogen) atoms. The summed E-state index contributed by atoms with van der Waals surface area (Å²) in [5, 5.41) is 1.02. The summed E-state index contributed by atoms with van der Waals surface area (Å²) in [4.78, 5) is 30.1. The molecule has 0 atom stereocenters. The van der Waals surface area contributed by atoms with Gasteiger partial charge in [-0.05, 0) is 43.5 Å². The van der Waals surface area contributed by atoms with E-state index in [4.69, 9.17) is 12.2 Å². The summed E-state index contributed by atoms with van der Waals surface area (Å²) < 4.78 is 2.52. The van der Waals surface area contributed by atoms with Gasteiger partial charge >= 0.3 is 0 Å². The Kier molecular flexibility index (Phi) is 5.85. The van der Waals surface area contributed by atoms with Crippen LogP contribution in [0.25, 0.3) is 17.0 Å². The van der Waals surface area contributed by atoms with Crippen molar-refractivity contribution in [2.45, 2.75) is 25.8 Å². The minimum Gasteiger partial charge on any atom is -0.341 e.